The lowest BCUT2D eigenvalue weighted by atomic mass is 9.94. The van der Waals surface area contributed by atoms with Crippen molar-refractivity contribution in [2.24, 2.45) is 0 Å². The van der Waals surface area contributed by atoms with Gasteiger partial charge in [-0.25, -0.2) is 0 Å². The number of rotatable bonds is 1. The second-order valence-electron chi connectivity index (χ2n) is 6.72. The molecule has 126 valence electrons. The molecule has 0 aromatic carbocycles. The van der Waals surface area contributed by atoms with E-state index < -0.39 is 0 Å². The molecule has 2 unspecified atom stereocenters. The van der Waals surface area contributed by atoms with Crippen LogP contribution in [0.3, 0.4) is 0 Å². The Hall–Kier alpha value is -1.33. The molecule has 3 heterocycles. The summed E-state index contributed by atoms with van der Waals surface area (Å²) in [6.07, 6.45) is 5.30. The summed E-state index contributed by atoms with van der Waals surface area (Å²) in [6, 6.07) is 0.571. The van der Waals surface area contributed by atoms with Gasteiger partial charge in [0.05, 0.1) is 5.56 Å². The van der Waals surface area contributed by atoms with Crippen LogP contribution in [-0.2, 0) is 6.42 Å². The predicted molar refractivity (Wildman–Crippen MR) is 88.4 cm³/mol. The van der Waals surface area contributed by atoms with Crippen molar-refractivity contribution in [2.75, 3.05) is 13.1 Å². The van der Waals surface area contributed by atoms with E-state index in [1.165, 1.54) is 0 Å². The van der Waals surface area contributed by atoms with E-state index in [0.29, 0.717) is 23.8 Å². The number of Topliss-reactive ketones (excluding diaryl/α,β-unsaturated/α-hetero) is 1. The number of amides is 1. The third-order valence-corrected chi connectivity index (χ3v) is 5.39. The Morgan fingerprint density at radius 3 is 2.78 bits per heavy atom. The molecule has 1 N–H and O–H groups in total. The largest absolute Gasteiger partial charge is 0.455 e. The number of ketones is 1. The molecular weight excluding hydrogens is 316 g/mol. The number of carbonyl (C=O) groups excluding carboxylic acids is 2. The molecule has 23 heavy (non-hydrogen) atoms. The lowest BCUT2D eigenvalue weighted by molar-refractivity contribution is 0.0644. The van der Waals surface area contributed by atoms with Crippen LogP contribution in [0.25, 0.3) is 0 Å². The molecule has 2 atom stereocenters. The summed E-state index contributed by atoms with van der Waals surface area (Å²) in [5.41, 5.74) is 1.43. The van der Waals surface area contributed by atoms with E-state index in [1.807, 2.05) is 11.8 Å². The second-order valence-corrected chi connectivity index (χ2v) is 6.72. The first kappa shape index (κ1) is 16.5. The molecule has 1 amide bonds. The van der Waals surface area contributed by atoms with E-state index in [4.69, 9.17) is 4.42 Å². The van der Waals surface area contributed by atoms with Crippen LogP contribution in [0.2, 0.25) is 0 Å². The van der Waals surface area contributed by atoms with Crippen molar-refractivity contribution in [2.45, 2.75) is 57.5 Å². The predicted octanol–water partition coefficient (Wildman–Crippen LogP) is 2.50. The number of halogens is 1. The lowest BCUT2D eigenvalue weighted by Crippen LogP contribution is -2.42. The van der Waals surface area contributed by atoms with Crippen LogP contribution < -0.4 is 5.32 Å². The number of fused-ring (bicyclic) bond motifs is 3. The highest BCUT2D eigenvalue weighted by molar-refractivity contribution is 6.03. The van der Waals surface area contributed by atoms with Crippen molar-refractivity contribution >= 4 is 24.1 Å². The number of hydrogen-bond donors (Lipinski definition) is 1. The van der Waals surface area contributed by atoms with Gasteiger partial charge in [-0.2, -0.15) is 0 Å². The zero-order valence-electron chi connectivity index (χ0n) is 13.4. The molecule has 5 nitrogen and oxygen atoms in total. The van der Waals surface area contributed by atoms with E-state index >= 15 is 0 Å². The van der Waals surface area contributed by atoms with Crippen molar-refractivity contribution in [1.82, 2.24) is 10.2 Å². The van der Waals surface area contributed by atoms with Gasteiger partial charge in [-0.05, 0) is 39.2 Å². The molecule has 0 radical (unpaired) electrons. The van der Waals surface area contributed by atoms with Gasteiger partial charge in [-0.3, -0.25) is 9.59 Å². The molecule has 1 aliphatic carbocycles. The fourth-order valence-electron chi connectivity index (χ4n) is 4.28. The van der Waals surface area contributed by atoms with Crippen molar-refractivity contribution in [3.8, 4) is 0 Å². The van der Waals surface area contributed by atoms with Crippen molar-refractivity contribution in [3.05, 3.63) is 22.6 Å². The van der Waals surface area contributed by atoms with Gasteiger partial charge < -0.3 is 14.6 Å². The smallest absolute Gasteiger partial charge is 0.290 e. The van der Waals surface area contributed by atoms with Crippen LogP contribution in [0.15, 0.2) is 4.42 Å². The highest BCUT2D eigenvalue weighted by Crippen LogP contribution is 2.34. The van der Waals surface area contributed by atoms with E-state index in [1.54, 1.807) is 0 Å². The van der Waals surface area contributed by atoms with Gasteiger partial charge in [0.25, 0.3) is 5.91 Å². The van der Waals surface area contributed by atoms with Crippen LogP contribution in [0.4, 0.5) is 0 Å². The summed E-state index contributed by atoms with van der Waals surface area (Å²) < 4.78 is 5.86. The third-order valence-electron chi connectivity index (χ3n) is 5.39. The Bertz CT molecular complexity index is 626. The average Bonchev–Trinajstić information content (AvgIpc) is 2.95. The van der Waals surface area contributed by atoms with Gasteiger partial charge >= 0.3 is 0 Å². The monoisotopic (exact) mass is 338 g/mol. The number of carbonyl (C=O) groups is 2. The molecule has 2 saturated heterocycles. The molecular formula is C17H23ClN2O3. The first-order chi connectivity index (χ1) is 10.7. The average molecular weight is 339 g/mol. The standard InChI is InChI=1S/C17H22N2O3.ClH/c1-10-15-13(20)3-2-4-14(15)22-16(10)17(21)19-11-5-6-12(19)9-18-8-7-11;/h11-12,18H,2-9H2,1H3;1H. The number of nitrogens with zero attached hydrogens (tertiary/aromatic N) is 1. The minimum atomic E-state index is -0.0177. The summed E-state index contributed by atoms with van der Waals surface area (Å²) in [6.45, 7) is 3.69. The molecule has 2 aliphatic heterocycles. The Morgan fingerprint density at radius 2 is 2.00 bits per heavy atom. The number of aryl methyl sites for hydroxylation is 1. The molecule has 6 heteroatoms. The third kappa shape index (κ3) is 2.60. The Labute approximate surface area is 142 Å². The van der Waals surface area contributed by atoms with E-state index in [2.05, 4.69) is 5.32 Å². The van der Waals surface area contributed by atoms with Gasteiger partial charge in [-0.1, -0.05) is 0 Å². The van der Waals surface area contributed by atoms with Gasteiger partial charge in [0.2, 0.25) is 0 Å². The molecule has 2 fully saturated rings. The second kappa shape index (κ2) is 6.29. The maximum atomic E-state index is 13.1. The summed E-state index contributed by atoms with van der Waals surface area (Å²) >= 11 is 0. The fourth-order valence-corrected chi connectivity index (χ4v) is 4.28. The summed E-state index contributed by atoms with van der Waals surface area (Å²) in [4.78, 5) is 27.2. The summed E-state index contributed by atoms with van der Waals surface area (Å²) in [7, 11) is 0. The van der Waals surface area contributed by atoms with Crippen molar-refractivity contribution < 1.29 is 14.0 Å². The number of nitrogens with one attached hydrogen (secondary N) is 1. The van der Waals surface area contributed by atoms with Crippen LogP contribution >= 0.6 is 12.4 Å². The Morgan fingerprint density at radius 1 is 1.22 bits per heavy atom. The topological polar surface area (TPSA) is 62.6 Å². The summed E-state index contributed by atoms with van der Waals surface area (Å²) in [5, 5.41) is 3.41. The van der Waals surface area contributed by atoms with E-state index in [-0.39, 0.29) is 30.1 Å². The zero-order chi connectivity index (χ0) is 15.3. The minimum Gasteiger partial charge on any atom is -0.455 e. The lowest BCUT2D eigenvalue weighted by Gasteiger charge is -2.27. The van der Waals surface area contributed by atoms with Crippen LogP contribution in [0.1, 0.15) is 64.3 Å². The molecule has 1 aromatic heterocycles. The maximum Gasteiger partial charge on any atom is 0.290 e. The van der Waals surface area contributed by atoms with Gasteiger partial charge in [0.1, 0.15) is 5.76 Å². The van der Waals surface area contributed by atoms with E-state index in [0.717, 1.165) is 56.5 Å². The highest BCUT2D eigenvalue weighted by atomic mass is 35.5. The molecule has 2 bridgehead atoms. The van der Waals surface area contributed by atoms with Gasteiger partial charge in [0.15, 0.2) is 11.5 Å². The highest BCUT2D eigenvalue weighted by Gasteiger charge is 2.41. The van der Waals surface area contributed by atoms with Crippen molar-refractivity contribution in [3.63, 3.8) is 0 Å². The van der Waals surface area contributed by atoms with Crippen LogP contribution in [-0.4, -0.2) is 41.8 Å². The normalized spacial score (nSPS) is 26.5. The maximum absolute atomic E-state index is 13.1. The minimum absolute atomic E-state index is 0. The summed E-state index contributed by atoms with van der Waals surface area (Å²) in [5.74, 6) is 1.23. The SMILES string of the molecule is Cc1c(C(=O)N2C3CCNCC2CC3)oc2c1C(=O)CCC2.Cl. The molecule has 4 rings (SSSR count). The van der Waals surface area contributed by atoms with Crippen LogP contribution in [0, 0.1) is 6.92 Å². The molecule has 0 spiro atoms. The first-order valence-electron chi connectivity index (χ1n) is 8.35. The van der Waals surface area contributed by atoms with Gasteiger partial charge in [0, 0.05) is 37.0 Å². The van der Waals surface area contributed by atoms with Gasteiger partial charge in [-0.15, -0.1) is 12.4 Å². The quantitative estimate of drug-likeness (QED) is 0.854. The first-order valence-corrected chi connectivity index (χ1v) is 8.35. The fraction of sp³-hybridized carbons (Fsp3) is 0.647. The molecule has 1 aromatic rings. The number of hydrogen-bond acceptors (Lipinski definition) is 4. The van der Waals surface area contributed by atoms with E-state index in [9.17, 15) is 9.59 Å². The molecule has 0 saturated carbocycles. The number of furan rings is 1. The van der Waals surface area contributed by atoms with Crippen molar-refractivity contribution in [1.29, 1.82) is 0 Å². The zero-order valence-corrected chi connectivity index (χ0v) is 14.2. The van der Waals surface area contributed by atoms with Crippen LogP contribution in [0.5, 0.6) is 0 Å². The molecule has 3 aliphatic rings. The Balaban J connectivity index is 0.00000156. The Kier molecular flexibility index (Phi) is 4.52.